The number of carbonyl (C=O) groups is 1. The largest absolute Gasteiger partial charge is 0.350 e. The van der Waals surface area contributed by atoms with Crippen molar-refractivity contribution in [1.82, 2.24) is 10.3 Å². The summed E-state index contributed by atoms with van der Waals surface area (Å²) in [5.74, 6) is -0.384. The van der Waals surface area contributed by atoms with Gasteiger partial charge in [-0.3, -0.25) is 4.79 Å². The molecule has 0 saturated carbocycles. The fraction of sp³-hybridized carbons (Fsp3) is 0.200. The van der Waals surface area contributed by atoms with E-state index >= 15 is 0 Å². The summed E-state index contributed by atoms with van der Waals surface area (Å²) in [4.78, 5) is 15.4. The molecule has 1 aromatic heterocycles. The van der Waals surface area contributed by atoms with Gasteiger partial charge in [0.05, 0.1) is 15.1 Å². The van der Waals surface area contributed by atoms with Crippen LogP contribution in [0.3, 0.4) is 0 Å². The van der Waals surface area contributed by atoms with Gasteiger partial charge >= 0.3 is 0 Å². The summed E-state index contributed by atoms with van der Waals surface area (Å²) in [6.07, 6.45) is 3.66. The van der Waals surface area contributed by atoms with Gasteiger partial charge in [-0.2, -0.15) is 0 Å². The zero-order chi connectivity index (χ0) is 12.1. The number of halogens is 3. The van der Waals surface area contributed by atoms with E-state index in [9.17, 15) is 4.79 Å². The smallest absolute Gasteiger partial charge is 0.271 e. The molecule has 0 bridgehead atoms. The van der Waals surface area contributed by atoms with Crippen LogP contribution in [0.4, 0.5) is 0 Å². The summed E-state index contributed by atoms with van der Waals surface area (Å²) in [6.45, 7) is 4.01. The van der Waals surface area contributed by atoms with Gasteiger partial charge in [-0.1, -0.05) is 40.9 Å². The summed E-state index contributed by atoms with van der Waals surface area (Å²) in [7, 11) is 0. The Balaban J connectivity index is 2.84. The molecule has 0 saturated heterocycles. The normalized spacial score (nSPS) is 9.94. The molecule has 6 heteroatoms. The average Bonchev–Trinajstić information content (AvgIpc) is 2.26. The first-order valence-corrected chi connectivity index (χ1v) is 5.60. The van der Waals surface area contributed by atoms with Gasteiger partial charge in [-0.15, -0.1) is 6.58 Å². The highest BCUT2D eigenvalue weighted by atomic mass is 35.5. The number of nitrogens with one attached hydrogen (secondary N) is 1. The van der Waals surface area contributed by atoms with Crippen LogP contribution >= 0.6 is 34.8 Å². The van der Waals surface area contributed by atoms with Gasteiger partial charge in [-0.25, -0.2) is 4.98 Å². The van der Waals surface area contributed by atoms with E-state index in [4.69, 9.17) is 34.8 Å². The number of pyridine rings is 1. The number of nitrogens with zero attached hydrogens (tertiary/aromatic N) is 1. The Hall–Kier alpha value is -0.770. The lowest BCUT2D eigenvalue weighted by Crippen LogP contribution is -2.25. The Labute approximate surface area is 108 Å². The van der Waals surface area contributed by atoms with Crippen molar-refractivity contribution >= 4 is 40.7 Å². The second-order valence-corrected chi connectivity index (χ2v) is 4.08. The fourth-order valence-electron chi connectivity index (χ4n) is 0.973. The van der Waals surface area contributed by atoms with Crippen LogP contribution in [0.1, 0.15) is 16.9 Å². The molecule has 0 aliphatic carbocycles. The first-order chi connectivity index (χ1) is 7.57. The molecule has 0 aliphatic rings. The standard InChI is InChI=1S/C10H9Cl3N2O/c1-2-3-4-14-10(16)9-8(13)7(12)6(11)5-15-9/h2,5H,1,3-4H2,(H,14,16). The minimum Gasteiger partial charge on any atom is -0.350 e. The molecule has 0 radical (unpaired) electrons. The van der Waals surface area contributed by atoms with Crippen molar-refractivity contribution in [3.05, 3.63) is 39.6 Å². The van der Waals surface area contributed by atoms with E-state index in [0.717, 1.165) is 0 Å². The van der Waals surface area contributed by atoms with E-state index in [1.807, 2.05) is 0 Å². The summed E-state index contributed by atoms with van der Waals surface area (Å²) in [6, 6.07) is 0. The Bertz CT molecular complexity index is 421. The molecule has 86 valence electrons. The van der Waals surface area contributed by atoms with Crippen LogP contribution in [-0.4, -0.2) is 17.4 Å². The van der Waals surface area contributed by atoms with Crippen LogP contribution in [0.15, 0.2) is 18.9 Å². The molecular weight excluding hydrogens is 270 g/mol. The van der Waals surface area contributed by atoms with Gasteiger partial charge in [0.1, 0.15) is 5.69 Å². The third-order valence-corrected chi connectivity index (χ3v) is 3.01. The van der Waals surface area contributed by atoms with E-state index < -0.39 is 0 Å². The predicted molar refractivity (Wildman–Crippen MR) is 66.4 cm³/mol. The van der Waals surface area contributed by atoms with Gasteiger partial charge < -0.3 is 5.32 Å². The van der Waals surface area contributed by atoms with Crippen LogP contribution in [0.5, 0.6) is 0 Å². The topological polar surface area (TPSA) is 42.0 Å². The maximum absolute atomic E-state index is 11.6. The predicted octanol–water partition coefficient (Wildman–Crippen LogP) is 3.35. The molecular formula is C10H9Cl3N2O. The number of hydrogen-bond acceptors (Lipinski definition) is 2. The Morgan fingerprint density at radius 3 is 2.75 bits per heavy atom. The highest BCUT2D eigenvalue weighted by Gasteiger charge is 2.16. The lowest BCUT2D eigenvalue weighted by Gasteiger charge is -2.06. The van der Waals surface area contributed by atoms with Gasteiger partial charge in [0, 0.05) is 12.7 Å². The molecule has 1 aromatic rings. The average molecular weight is 280 g/mol. The number of rotatable bonds is 4. The first-order valence-electron chi connectivity index (χ1n) is 4.46. The summed E-state index contributed by atoms with van der Waals surface area (Å²) < 4.78 is 0. The molecule has 1 heterocycles. The highest BCUT2D eigenvalue weighted by molar-refractivity contribution is 6.48. The molecule has 0 spiro atoms. The zero-order valence-corrected chi connectivity index (χ0v) is 10.5. The number of hydrogen-bond donors (Lipinski definition) is 1. The van der Waals surface area contributed by atoms with Gasteiger partial charge in [0.25, 0.3) is 5.91 Å². The molecule has 0 aliphatic heterocycles. The third kappa shape index (κ3) is 3.11. The lowest BCUT2D eigenvalue weighted by molar-refractivity contribution is 0.0949. The maximum atomic E-state index is 11.6. The Morgan fingerprint density at radius 1 is 1.44 bits per heavy atom. The minimum absolute atomic E-state index is 0.0604. The molecule has 16 heavy (non-hydrogen) atoms. The van der Waals surface area contributed by atoms with E-state index in [-0.39, 0.29) is 26.7 Å². The van der Waals surface area contributed by atoms with Crippen molar-refractivity contribution in [2.24, 2.45) is 0 Å². The van der Waals surface area contributed by atoms with Gasteiger partial charge in [-0.05, 0) is 6.42 Å². The molecule has 0 atom stereocenters. The van der Waals surface area contributed by atoms with E-state index in [1.165, 1.54) is 6.20 Å². The van der Waals surface area contributed by atoms with E-state index in [0.29, 0.717) is 13.0 Å². The van der Waals surface area contributed by atoms with Crippen LogP contribution in [0.2, 0.25) is 15.1 Å². The molecule has 1 amide bonds. The first kappa shape index (κ1) is 13.3. The summed E-state index contributed by atoms with van der Waals surface area (Å²) >= 11 is 17.3. The quantitative estimate of drug-likeness (QED) is 0.678. The molecule has 0 unspecified atom stereocenters. The summed E-state index contributed by atoms with van der Waals surface area (Å²) in [5.41, 5.74) is 0.0696. The van der Waals surface area contributed by atoms with Crippen molar-refractivity contribution in [1.29, 1.82) is 0 Å². The minimum atomic E-state index is -0.384. The molecule has 3 nitrogen and oxygen atoms in total. The fourth-order valence-corrected chi connectivity index (χ4v) is 1.54. The lowest BCUT2D eigenvalue weighted by atomic mass is 10.3. The van der Waals surface area contributed by atoms with Crippen molar-refractivity contribution in [3.63, 3.8) is 0 Å². The van der Waals surface area contributed by atoms with Crippen molar-refractivity contribution in [3.8, 4) is 0 Å². The second-order valence-electron chi connectivity index (χ2n) is 2.92. The Morgan fingerprint density at radius 2 is 2.12 bits per heavy atom. The van der Waals surface area contributed by atoms with Crippen molar-refractivity contribution in [2.75, 3.05) is 6.54 Å². The van der Waals surface area contributed by atoms with E-state index in [2.05, 4.69) is 16.9 Å². The monoisotopic (exact) mass is 278 g/mol. The molecule has 0 aromatic carbocycles. The van der Waals surface area contributed by atoms with Crippen LogP contribution in [-0.2, 0) is 0 Å². The van der Waals surface area contributed by atoms with Crippen molar-refractivity contribution in [2.45, 2.75) is 6.42 Å². The number of aromatic nitrogens is 1. The van der Waals surface area contributed by atoms with Crippen molar-refractivity contribution < 1.29 is 4.79 Å². The SMILES string of the molecule is C=CCCNC(=O)c1ncc(Cl)c(Cl)c1Cl. The van der Waals surface area contributed by atoms with Gasteiger partial charge in [0.2, 0.25) is 0 Å². The zero-order valence-electron chi connectivity index (χ0n) is 8.27. The number of amides is 1. The number of carbonyl (C=O) groups excluding carboxylic acids is 1. The second kappa shape index (κ2) is 6.09. The molecule has 1 N–H and O–H groups in total. The van der Waals surface area contributed by atoms with E-state index in [1.54, 1.807) is 6.08 Å². The maximum Gasteiger partial charge on any atom is 0.271 e. The Kier molecular flexibility index (Phi) is 5.06. The molecule has 1 rings (SSSR count). The van der Waals surface area contributed by atoms with Crippen LogP contribution in [0.25, 0.3) is 0 Å². The van der Waals surface area contributed by atoms with Crippen LogP contribution in [0, 0.1) is 0 Å². The van der Waals surface area contributed by atoms with Gasteiger partial charge in [0.15, 0.2) is 0 Å². The highest BCUT2D eigenvalue weighted by Crippen LogP contribution is 2.30. The summed E-state index contributed by atoms with van der Waals surface area (Å²) in [5, 5.41) is 3.04. The van der Waals surface area contributed by atoms with Crippen LogP contribution < -0.4 is 5.32 Å². The molecule has 0 fully saturated rings. The third-order valence-electron chi connectivity index (χ3n) is 1.77.